The molecule has 1 heterocycles. The SMILES string of the molecule is NC1CCCCC1CC(=O)NC1CCOCC1. The molecule has 4 nitrogen and oxygen atoms in total. The summed E-state index contributed by atoms with van der Waals surface area (Å²) in [5.41, 5.74) is 6.06. The summed E-state index contributed by atoms with van der Waals surface area (Å²) in [4.78, 5) is 11.9. The first-order chi connectivity index (χ1) is 8.25. The Morgan fingerprint density at radius 2 is 1.88 bits per heavy atom. The molecule has 0 aromatic rings. The molecule has 2 aliphatic rings. The molecule has 0 aromatic heterocycles. The highest BCUT2D eigenvalue weighted by molar-refractivity contribution is 5.76. The zero-order chi connectivity index (χ0) is 12.1. The van der Waals surface area contributed by atoms with Gasteiger partial charge in [0.05, 0.1) is 0 Å². The predicted molar refractivity (Wildman–Crippen MR) is 66.5 cm³/mol. The molecule has 2 rings (SSSR count). The summed E-state index contributed by atoms with van der Waals surface area (Å²) >= 11 is 0. The van der Waals surface area contributed by atoms with Crippen LogP contribution in [0.4, 0.5) is 0 Å². The second-order valence-electron chi connectivity index (χ2n) is 5.37. The van der Waals surface area contributed by atoms with Crippen molar-refractivity contribution in [1.29, 1.82) is 0 Å². The van der Waals surface area contributed by atoms with Crippen LogP contribution < -0.4 is 11.1 Å². The van der Waals surface area contributed by atoms with E-state index in [4.69, 9.17) is 10.5 Å². The molecule has 2 atom stereocenters. The molecule has 0 aromatic carbocycles. The lowest BCUT2D eigenvalue weighted by atomic mass is 9.83. The molecule has 17 heavy (non-hydrogen) atoms. The van der Waals surface area contributed by atoms with E-state index in [9.17, 15) is 4.79 Å². The van der Waals surface area contributed by atoms with Gasteiger partial charge in [-0.2, -0.15) is 0 Å². The summed E-state index contributed by atoms with van der Waals surface area (Å²) in [6, 6.07) is 0.542. The Morgan fingerprint density at radius 3 is 2.59 bits per heavy atom. The average Bonchev–Trinajstić information content (AvgIpc) is 2.33. The molecule has 1 amide bonds. The first-order valence-electron chi connectivity index (χ1n) is 6.88. The highest BCUT2D eigenvalue weighted by atomic mass is 16.5. The van der Waals surface area contributed by atoms with E-state index in [1.165, 1.54) is 12.8 Å². The van der Waals surface area contributed by atoms with Gasteiger partial charge in [0, 0.05) is 31.7 Å². The van der Waals surface area contributed by atoms with Gasteiger partial charge in [-0.3, -0.25) is 4.79 Å². The minimum absolute atomic E-state index is 0.180. The highest BCUT2D eigenvalue weighted by Gasteiger charge is 2.25. The van der Waals surface area contributed by atoms with Crippen LogP contribution in [0.3, 0.4) is 0 Å². The van der Waals surface area contributed by atoms with Crippen molar-refractivity contribution < 1.29 is 9.53 Å². The Balaban J connectivity index is 1.72. The van der Waals surface area contributed by atoms with Gasteiger partial charge in [0.25, 0.3) is 0 Å². The van der Waals surface area contributed by atoms with E-state index in [1.807, 2.05) is 0 Å². The van der Waals surface area contributed by atoms with Crippen LogP contribution in [0.5, 0.6) is 0 Å². The van der Waals surface area contributed by atoms with Gasteiger partial charge in [0.2, 0.25) is 5.91 Å². The minimum atomic E-state index is 0.180. The summed E-state index contributed by atoms with van der Waals surface area (Å²) in [5, 5.41) is 3.11. The summed E-state index contributed by atoms with van der Waals surface area (Å²) in [6.07, 6.45) is 7.14. The van der Waals surface area contributed by atoms with Crippen LogP contribution in [-0.2, 0) is 9.53 Å². The predicted octanol–water partition coefficient (Wildman–Crippen LogP) is 1.19. The smallest absolute Gasteiger partial charge is 0.220 e. The van der Waals surface area contributed by atoms with Crippen LogP contribution in [-0.4, -0.2) is 31.2 Å². The van der Waals surface area contributed by atoms with Crippen LogP contribution in [0, 0.1) is 5.92 Å². The largest absolute Gasteiger partial charge is 0.381 e. The monoisotopic (exact) mass is 240 g/mol. The Hall–Kier alpha value is -0.610. The number of nitrogens with one attached hydrogen (secondary N) is 1. The number of hydrogen-bond acceptors (Lipinski definition) is 3. The number of rotatable bonds is 3. The zero-order valence-corrected chi connectivity index (χ0v) is 10.5. The lowest BCUT2D eigenvalue weighted by Crippen LogP contribution is -2.42. The third-order valence-electron chi connectivity index (χ3n) is 4.00. The molecule has 1 saturated carbocycles. The van der Waals surface area contributed by atoms with Crippen LogP contribution >= 0.6 is 0 Å². The van der Waals surface area contributed by atoms with E-state index in [0.29, 0.717) is 18.4 Å². The third kappa shape index (κ3) is 3.96. The van der Waals surface area contributed by atoms with Gasteiger partial charge in [0.1, 0.15) is 0 Å². The topological polar surface area (TPSA) is 64.4 Å². The fourth-order valence-corrected chi connectivity index (χ4v) is 2.86. The standard InChI is InChI=1S/C13H24N2O2/c14-12-4-2-1-3-10(12)9-13(16)15-11-5-7-17-8-6-11/h10-12H,1-9,14H2,(H,15,16). The summed E-state index contributed by atoms with van der Waals surface area (Å²) < 4.78 is 5.28. The zero-order valence-electron chi connectivity index (χ0n) is 10.5. The van der Waals surface area contributed by atoms with Crippen molar-refractivity contribution in [2.24, 2.45) is 11.7 Å². The first kappa shape index (κ1) is 12.8. The number of ether oxygens (including phenoxy) is 1. The molecule has 3 N–H and O–H groups in total. The summed E-state index contributed by atoms with van der Waals surface area (Å²) in [7, 11) is 0. The number of carbonyl (C=O) groups is 1. The van der Waals surface area contributed by atoms with E-state index in [2.05, 4.69) is 5.32 Å². The lowest BCUT2D eigenvalue weighted by Gasteiger charge is -2.29. The van der Waals surface area contributed by atoms with Crippen LogP contribution in [0.15, 0.2) is 0 Å². The van der Waals surface area contributed by atoms with Gasteiger partial charge < -0.3 is 15.8 Å². The minimum Gasteiger partial charge on any atom is -0.381 e. The molecular weight excluding hydrogens is 216 g/mol. The molecule has 2 fully saturated rings. The van der Waals surface area contributed by atoms with Gasteiger partial charge in [-0.05, 0) is 31.6 Å². The molecule has 98 valence electrons. The van der Waals surface area contributed by atoms with Gasteiger partial charge in [-0.1, -0.05) is 12.8 Å². The van der Waals surface area contributed by atoms with Crippen molar-refractivity contribution in [2.75, 3.05) is 13.2 Å². The Morgan fingerprint density at radius 1 is 1.18 bits per heavy atom. The molecule has 0 radical (unpaired) electrons. The highest BCUT2D eigenvalue weighted by Crippen LogP contribution is 2.25. The molecule has 0 bridgehead atoms. The molecule has 1 aliphatic heterocycles. The number of amides is 1. The molecule has 1 aliphatic carbocycles. The van der Waals surface area contributed by atoms with E-state index < -0.39 is 0 Å². The second-order valence-corrected chi connectivity index (χ2v) is 5.37. The Labute approximate surface area is 103 Å². The summed E-state index contributed by atoms with van der Waals surface area (Å²) in [6.45, 7) is 1.54. The van der Waals surface area contributed by atoms with Crippen molar-refractivity contribution in [3.63, 3.8) is 0 Å². The molecule has 4 heteroatoms. The maximum Gasteiger partial charge on any atom is 0.220 e. The third-order valence-corrected chi connectivity index (χ3v) is 4.00. The van der Waals surface area contributed by atoms with Crippen LogP contribution in [0.1, 0.15) is 44.9 Å². The second kappa shape index (κ2) is 6.36. The molecule has 1 saturated heterocycles. The van der Waals surface area contributed by atoms with E-state index in [-0.39, 0.29) is 11.9 Å². The molecule has 0 spiro atoms. The lowest BCUT2D eigenvalue weighted by molar-refractivity contribution is -0.123. The fraction of sp³-hybridized carbons (Fsp3) is 0.923. The quantitative estimate of drug-likeness (QED) is 0.779. The maximum atomic E-state index is 11.9. The summed E-state index contributed by atoms with van der Waals surface area (Å²) in [5.74, 6) is 0.572. The first-order valence-corrected chi connectivity index (χ1v) is 6.88. The fourth-order valence-electron chi connectivity index (χ4n) is 2.86. The number of hydrogen-bond donors (Lipinski definition) is 2. The number of carbonyl (C=O) groups excluding carboxylic acids is 1. The van der Waals surface area contributed by atoms with Crippen molar-refractivity contribution in [2.45, 2.75) is 57.0 Å². The average molecular weight is 240 g/mol. The van der Waals surface area contributed by atoms with Gasteiger partial charge in [-0.15, -0.1) is 0 Å². The van der Waals surface area contributed by atoms with Crippen molar-refractivity contribution in [1.82, 2.24) is 5.32 Å². The van der Waals surface area contributed by atoms with E-state index in [0.717, 1.165) is 38.9 Å². The Bertz CT molecular complexity index is 252. The van der Waals surface area contributed by atoms with Gasteiger partial charge in [-0.25, -0.2) is 0 Å². The van der Waals surface area contributed by atoms with Crippen LogP contribution in [0.2, 0.25) is 0 Å². The van der Waals surface area contributed by atoms with E-state index >= 15 is 0 Å². The number of nitrogens with two attached hydrogens (primary N) is 1. The van der Waals surface area contributed by atoms with Crippen molar-refractivity contribution >= 4 is 5.91 Å². The van der Waals surface area contributed by atoms with Crippen LogP contribution in [0.25, 0.3) is 0 Å². The van der Waals surface area contributed by atoms with Crippen molar-refractivity contribution in [3.8, 4) is 0 Å². The van der Waals surface area contributed by atoms with Gasteiger partial charge >= 0.3 is 0 Å². The Kier molecular flexibility index (Phi) is 4.80. The van der Waals surface area contributed by atoms with Gasteiger partial charge in [0.15, 0.2) is 0 Å². The maximum absolute atomic E-state index is 11.9. The molecular formula is C13H24N2O2. The van der Waals surface area contributed by atoms with E-state index in [1.54, 1.807) is 0 Å². The van der Waals surface area contributed by atoms with Crippen molar-refractivity contribution in [3.05, 3.63) is 0 Å². The normalized spacial score (nSPS) is 31.1. The molecule has 2 unspecified atom stereocenters.